The van der Waals surface area contributed by atoms with Gasteiger partial charge in [-0.25, -0.2) is 0 Å². The molecule has 0 spiro atoms. The van der Waals surface area contributed by atoms with Crippen LogP contribution in [0.2, 0.25) is 0 Å². The first-order valence-corrected chi connectivity index (χ1v) is 17.6. The molecule has 15 heteroatoms. The monoisotopic (exact) mass is 674 g/mol. The molecule has 2 unspecified atom stereocenters. The second-order valence-corrected chi connectivity index (χ2v) is 14.5. The summed E-state index contributed by atoms with van der Waals surface area (Å²) in [7, 11) is 18.2. The van der Waals surface area contributed by atoms with Crippen LogP contribution in [0.5, 0.6) is 11.5 Å². The van der Waals surface area contributed by atoms with E-state index in [-0.39, 0.29) is 23.0 Å². The van der Waals surface area contributed by atoms with Crippen molar-refractivity contribution in [1.82, 2.24) is 9.55 Å². The Kier molecular flexibility index (Phi) is 7.90. The molecule has 3 aliphatic rings. The van der Waals surface area contributed by atoms with Crippen molar-refractivity contribution in [2.75, 3.05) is 0 Å². The number of rotatable bonds is 2. The third-order valence-electron chi connectivity index (χ3n) is 11.5. The maximum atomic E-state index is 12.7. The Morgan fingerprint density at radius 3 is 2.27 bits per heavy atom. The molecule has 0 radical (unpaired) electrons. The zero-order valence-corrected chi connectivity index (χ0v) is 30.8. The normalized spacial score (nSPS) is 19.9. The van der Waals surface area contributed by atoms with Crippen molar-refractivity contribution in [2.45, 2.75) is 12.8 Å². The molecule has 2 atom stereocenters. The average Bonchev–Trinajstić information content (AvgIpc) is 3.51. The molecule has 52 heavy (non-hydrogen) atoms. The number of phenols is 1. The Bertz CT molecular complexity index is 2630. The van der Waals surface area contributed by atoms with Crippen LogP contribution in [-0.4, -0.2) is 92.7 Å². The molecular weight excluding hydrogens is 639 g/mol. The number of allylic oxidation sites excluding steroid dienone is 7. The van der Waals surface area contributed by atoms with E-state index in [1.54, 1.807) is 0 Å². The zero-order valence-electron chi connectivity index (χ0n) is 30.8. The van der Waals surface area contributed by atoms with Gasteiger partial charge in [0.2, 0.25) is 0 Å². The first-order chi connectivity index (χ1) is 24.8. The number of hydrogen-bond acceptors (Lipinski definition) is 6. The number of hydrogen-bond donors (Lipinski definition) is 3. The van der Waals surface area contributed by atoms with Crippen molar-refractivity contribution in [3.8, 4) is 17.2 Å². The summed E-state index contributed by atoms with van der Waals surface area (Å²) >= 11 is 0. The number of nitrogens with zero attached hydrogens (tertiary/aromatic N) is 2. The van der Waals surface area contributed by atoms with E-state index in [1.807, 2.05) is 109 Å². The van der Waals surface area contributed by atoms with Crippen LogP contribution >= 0.6 is 0 Å². The summed E-state index contributed by atoms with van der Waals surface area (Å²) in [6.07, 6.45) is 0. The van der Waals surface area contributed by atoms with Gasteiger partial charge < -0.3 is 0 Å². The van der Waals surface area contributed by atoms with Gasteiger partial charge in [-0.3, -0.25) is 0 Å². The Balaban J connectivity index is 1.62. The van der Waals surface area contributed by atoms with Crippen LogP contribution in [0.1, 0.15) is 24.2 Å². The number of aliphatic hydroxyl groups is 2. The van der Waals surface area contributed by atoms with E-state index >= 15 is 0 Å². The Hall–Kier alpha value is -5.30. The van der Waals surface area contributed by atoms with Crippen LogP contribution in [0, 0.1) is 5.92 Å². The van der Waals surface area contributed by atoms with Crippen molar-refractivity contribution in [2.24, 2.45) is 5.92 Å². The quantitative estimate of drug-likeness (QED) is 0.112. The number of aromatic nitrogens is 2. The minimum atomic E-state index is -0.742. The van der Waals surface area contributed by atoms with Gasteiger partial charge in [-0.2, -0.15) is 0 Å². The van der Waals surface area contributed by atoms with Gasteiger partial charge in [0.05, 0.1) is 0 Å². The van der Waals surface area contributed by atoms with Crippen molar-refractivity contribution in [1.29, 1.82) is 0 Å². The maximum absolute atomic E-state index is 12.7. The fourth-order valence-corrected chi connectivity index (χ4v) is 8.55. The molecule has 4 aromatic carbocycles. The predicted molar refractivity (Wildman–Crippen MR) is 231 cm³/mol. The van der Waals surface area contributed by atoms with Gasteiger partial charge in [-0.1, -0.05) is 0 Å². The van der Waals surface area contributed by atoms with Gasteiger partial charge in [0, 0.05) is 0 Å². The molecule has 0 saturated heterocycles. The molecule has 8 rings (SSSR count). The number of imidazole rings is 1. The van der Waals surface area contributed by atoms with Gasteiger partial charge >= 0.3 is 311 Å². The van der Waals surface area contributed by atoms with E-state index in [0.29, 0.717) is 50.1 Å². The summed E-state index contributed by atoms with van der Waals surface area (Å²) in [5, 5.41) is 38.6. The molecule has 1 aliphatic heterocycles. The molecule has 5 aromatic rings. The van der Waals surface area contributed by atoms with Crippen LogP contribution in [-0.2, 0) is 4.89 Å². The number of para-hydroxylation sites is 2. The van der Waals surface area contributed by atoms with Crippen molar-refractivity contribution in [3.63, 3.8) is 0 Å². The molecule has 246 valence electrons. The SMILES string of the molecule is B=C1C(c2cccc3ccccc23)=C2C(B)=C(B)C3=C(O)C2C(/C1=C(B)/C(O)=C(/B)C)c1nc2ccccc2n1-c1c(B)c(c(B)c(B)c1O)OO3. The van der Waals surface area contributed by atoms with E-state index < -0.39 is 11.8 Å². The predicted octanol–water partition coefficient (Wildman–Crippen LogP) is -2.21. The minimum absolute atomic E-state index is 0.0137. The van der Waals surface area contributed by atoms with E-state index in [9.17, 15) is 15.3 Å². The number of aliphatic hydroxyl groups excluding tert-OH is 2. The van der Waals surface area contributed by atoms with Crippen molar-refractivity contribution >= 4 is 112 Å². The molecule has 2 aliphatic carbocycles. The Labute approximate surface area is 309 Å². The van der Waals surface area contributed by atoms with Crippen LogP contribution < -0.4 is 21.3 Å². The van der Waals surface area contributed by atoms with Gasteiger partial charge in [-0.15, -0.1) is 0 Å². The summed E-state index contributed by atoms with van der Waals surface area (Å²) in [6.45, 7) is 1.88. The van der Waals surface area contributed by atoms with Crippen molar-refractivity contribution < 1.29 is 25.1 Å². The first kappa shape index (κ1) is 33.8. The van der Waals surface area contributed by atoms with E-state index in [1.165, 1.54) is 0 Å². The number of phenolic OH excluding ortho intramolecular Hbond substituents is 1. The average molecular weight is 673 g/mol. The van der Waals surface area contributed by atoms with Crippen LogP contribution in [0.3, 0.4) is 0 Å². The molecule has 0 fully saturated rings. The summed E-state index contributed by atoms with van der Waals surface area (Å²) in [4.78, 5) is 17.8. The summed E-state index contributed by atoms with van der Waals surface area (Å²) in [6, 6.07) is 22.3. The molecule has 0 saturated carbocycles. The molecule has 3 N–H and O–H groups in total. The second kappa shape index (κ2) is 12.1. The third-order valence-corrected chi connectivity index (χ3v) is 11.5. The third kappa shape index (κ3) is 4.64. The number of benzene rings is 4. The molecule has 4 bridgehead atoms. The standard InChI is InChI=1S/C37H34B8N2O5/c1-13(38)32(48)26(41)23-22-21-20(19(24(23)39)16-10-6-8-14-7-2-3-9-15(14)16)25(40)28(43)36(33(21)49)52-51-35-29(44)27(42)34(50)31(30(35)45)47-18-12-5-4-11-17(18)46-37(22)47/h2-12,21-22,39,48-50H,38,40-45H2,1H3/b26-23+,32-13-. The summed E-state index contributed by atoms with van der Waals surface area (Å²) in [5.41, 5.74) is 11.2. The van der Waals surface area contributed by atoms with Gasteiger partial charge in [0.15, 0.2) is 0 Å². The van der Waals surface area contributed by atoms with E-state index in [0.717, 1.165) is 55.0 Å². The molecular formula is C37H34B8N2O5. The molecule has 1 aromatic heterocycles. The Morgan fingerprint density at radius 2 is 1.52 bits per heavy atom. The summed E-state index contributed by atoms with van der Waals surface area (Å²) < 4.78 is 1.99. The van der Waals surface area contributed by atoms with E-state index in [4.69, 9.17) is 22.2 Å². The molecule has 2 heterocycles. The molecule has 0 amide bonds. The number of aromatic hydroxyl groups is 1. The van der Waals surface area contributed by atoms with Gasteiger partial charge in [0.25, 0.3) is 0 Å². The molecule has 7 nitrogen and oxygen atoms in total. The summed E-state index contributed by atoms with van der Waals surface area (Å²) in [5.74, 6) is 0.0272. The fourth-order valence-electron chi connectivity index (χ4n) is 8.55. The van der Waals surface area contributed by atoms with Crippen LogP contribution in [0.15, 0.2) is 117 Å². The van der Waals surface area contributed by atoms with E-state index in [2.05, 4.69) is 24.3 Å². The first-order valence-electron chi connectivity index (χ1n) is 17.6. The van der Waals surface area contributed by atoms with Crippen LogP contribution in [0.4, 0.5) is 0 Å². The fraction of sp³-hybridized carbons (Fsp3) is 0.0811. The number of fused-ring (bicyclic) bond motifs is 8. The zero-order chi connectivity index (χ0) is 36.9. The topological polar surface area (TPSA) is 97.0 Å². The van der Waals surface area contributed by atoms with Crippen LogP contribution in [0.25, 0.3) is 33.1 Å². The second-order valence-electron chi connectivity index (χ2n) is 14.5. The van der Waals surface area contributed by atoms with Crippen molar-refractivity contribution in [3.05, 3.63) is 128 Å². The van der Waals surface area contributed by atoms with Gasteiger partial charge in [0.1, 0.15) is 0 Å². The Morgan fingerprint density at radius 1 is 0.827 bits per heavy atom. The van der Waals surface area contributed by atoms with Gasteiger partial charge in [-0.05, 0) is 0 Å².